The predicted octanol–water partition coefficient (Wildman–Crippen LogP) is 2.57. The third-order valence-electron chi connectivity index (χ3n) is 3.48. The number of nitrogens with one attached hydrogen (secondary N) is 1. The Kier molecular flexibility index (Phi) is 4.15. The summed E-state index contributed by atoms with van der Waals surface area (Å²) in [5, 5.41) is 14.0. The van der Waals surface area contributed by atoms with E-state index in [0.717, 1.165) is 37.7 Å². The number of hydrogen-bond donors (Lipinski definition) is 1. The fourth-order valence-corrected chi connectivity index (χ4v) is 2.37. The van der Waals surface area contributed by atoms with Gasteiger partial charge in [-0.25, -0.2) is 0 Å². The van der Waals surface area contributed by atoms with Crippen molar-refractivity contribution in [2.45, 2.75) is 0 Å². The van der Waals surface area contributed by atoms with Crippen molar-refractivity contribution in [1.82, 2.24) is 4.98 Å². The van der Waals surface area contributed by atoms with E-state index in [-0.39, 0.29) is 5.82 Å². The third-order valence-corrected chi connectivity index (χ3v) is 3.48. The summed E-state index contributed by atoms with van der Waals surface area (Å²) in [6.45, 7) is 3.23. The van der Waals surface area contributed by atoms with Gasteiger partial charge in [0.05, 0.1) is 13.2 Å². The molecule has 0 unspecified atom stereocenters. The summed E-state index contributed by atoms with van der Waals surface area (Å²) in [6, 6.07) is 11.1. The Bertz CT molecular complexity index is 654. The van der Waals surface area contributed by atoms with Gasteiger partial charge >= 0.3 is 5.82 Å². The molecular weight excluding hydrogens is 284 g/mol. The summed E-state index contributed by atoms with van der Waals surface area (Å²) < 4.78 is 5.33. The number of hydrogen-bond acceptors (Lipinski definition) is 6. The molecule has 0 bridgehead atoms. The van der Waals surface area contributed by atoms with Crippen molar-refractivity contribution in [3.63, 3.8) is 0 Å². The van der Waals surface area contributed by atoms with Crippen LogP contribution in [0.2, 0.25) is 0 Å². The van der Waals surface area contributed by atoms with Gasteiger partial charge in [0.2, 0.25) is 0 Å². The van der Waals surface area contributed by atoms with Crippen molar-refractivity contribution >= 4 is 22.9 Å². The first-order chi connectivity index (χ1) is 10.7. The van der Waals surface area contributed by atoms with Crippen molar-refractivity contribution < 1.29 is 9.66 Å². The van der Waals surface area contributed by atoms with Gasteiger partial charge in [-0.1, -0.05) is 0 Å². The standard InChI is InChI=1S/C15H16N4O3/c20-19(21)15-14(2-1-7-16-15)17-12-3-5-13(6-4-12)18-8-10-22-11-9-18/h1-7,17H,8-11H2. The van der Waals surface area contributed by atoms with Crippen LogP contribution < -0.4 is 10.2 Å². The van der Waals surface area contributed by atoms with Gasteiger partial charge < -0.3 is 25.1 Å². The highest BCUT2D eigenvalue weighted by molar-refractivity contribution is 5.68. The van der Waals surface area contributed by atoms with Crippen molar-refractivity contribution in [3.8, 4) is 0 Å². The first kappa shape index (κ1) is 14.3. The molecule has 0 atom stereocenters. The smallest absolute Gasteiger partial charge is 0.378 e. The number of aromatic nitrogens is 1. The van der Waals surface area contributed by atoms with E-state index in [0.29, 0.717) is 5.69 Å². The summed E-state index contributed by atoms with van der Waals surface area (Å²) in [7, 11) is 0. The van der Waals surface area contributed by atoms with E-state index in [1.807, 2.05) is 24.3 Å². The number of anilines is 3. The number of ether oxygens (including phenoxy) is 1. The second kappa shape index (κ2) is 6.40. The van der Waals surface area contributed by atoms with Crippen LogP contribution in [0.15, 0.2) is 42.6 Å². The summed E-state index contributed by atoms with van der Waals surface area (Å²) in [4.78, 5) is 16.5. The Morgan fingerprint density at radius 2 is 1.91 bits per heavy atom. The first-order valence-corrected chi connectivity index (χ1v) is 7.03. The molecule has 7 heteroatoms. The minimum Gasteiger partial charge on any atom is -0.378 e. The topological polar surface area (TPSA) is 80.5 Å². The molecular formula is C15H16N4O3. The van der Waals surface area contributed by atoms with Gasteiger partial charge in [-0.15, -0.1) is 0 Å². The molecule has 1 aromatic carbocycles. The van der Waals surface area contributed by atoms with Crippen LogP contribution in [-0.2, 0) is 4.74 Å². The molecule has 0 radical (unpaired) electrons. The molecule has 2 heterocycles. The highest BCUT2D eigenvalue weighted by atomic mass is 16.6. The van der Waals surface area contributed by atoms with Crippen molar-refractivity contribution in [1.29, 1.82) is 0 Å². The lowest BCUT2D eigenvalue weighted by Crippen LogP contribution is -2.36. The average Bonchev–Trinajstić information content (AvgIpc) is 2.57. The summed E-state index contributed by atoms with van der Waals surface area (Å²) in [5.41, 5.74) is 2.29. The second-order valence-electron chi connectivity index (χ2n) is 4.90. The quantitative estimate of drug-likeness (QED) is 0.690. The minimum atomic E-state index is -0.496. The van der Waals surface area contributed by atoms with Gasteiger partial charge in [0, 0.05) is 24.5 Å². The lowest BCUT2D eigenvalue weighted by atomic mass is 10.2. The van der Waals surface area contributed by atoms with Gasteiger partial charge in [-0.05, 0) is 46.3 Å². The lowest BCUT2D eigenvalue weighted by molar-refractivity contribution is -0.388. The van der Waals surface area contributed by atoms with E-state index in [4.69, 9.17) is 4.74 Å². The van der Waals surface area contributed by atoms with E-state index in [2.05, 4.69) is 15.2 Å². The van der Waals surface area contributed by atoms with Crippen LogP contribution in [0.3, 0.4) is 0 Å². The highest BCUT2D eigenvalue weighted by Crippen LogP contribution is 2.26. The van der Waals surface area contributed by atoms with Crippen LogP contribution in [0.1, 0.15) is 0 Å². The fraction of sp³-hybridized carbons (Fsp3) is 0.267. The molecule has 0 spiro atoms. The Morgan fingerprint density at radius 1 is 1.18 bits per heavy atom. The maximum absolute atomic E-state index is 11.0. The number of morpholine rings is 1. The maximum atomic E-state index is 11.0. The number of nitro groups is 1. The maximum Gasteiger partial charge on any atom is 0.387 e. The Morgan fingerprint density at radius 3 is 2.59 bits per heavy atom. The van der Waals surface area contributed by atoms with E-state index >= 15 is 0 Å². The zero-order valence-electron chi connectivity index (χ0n) is 11.9. The molecule has 1 aromatic heterocycles. The number of pyridine rings is 1. The first-order valence-electron chi connectivity index (χ1n) is 7.03. The Balaban J connectivity index is 1.75. The molecule has 2 aromatic rings. The summed E-state index contributed by atoms with van der Waals surface area (Å²) in [5.74, 6) is -0.181. The minimum absolute atomic E-state index is 0.181. The SMILES string of the molecule is O=[N+]([O-])c1ncccc1Nc1ccc(N2CCOCC2)cc1. The fourth-order valence-electron chi connectivity index (χ4n) is 2.37. The van der Waals surface area contributed by atoms with Gasteiger partial charge in [0.1, 0.15) is 11.9 Å². The lowest BCUT2D eigenvalue weighted by Gasteiger charge is -2.28. The largest absolute Gasteiger partial charge is 0.387 e. The summed E-state index contributed by atoms with van der Waals surface area (Å²) >= 11 is 0. The highest BCUT2D eigenvalue weighted by Gasteiger charge is 2.14. The average molecular weight is 300 g/mol. The second-order valence-corrected chi connectivity index (χ2v) is 4.90. The Labute approximate surface area is 127 Å². The van der Waals surface area contributed by atoms with Gasteiger partial charge in [0.15, 0.2) is 0 Å². The summed E-state index contributed by atoms with van der Waals surface area (Å²) in [6.07, 6.45) is 1.41. The zero-order valence-corrected chi connectivity index (χ0v) is 11.9. The molecule has 1 aliphatic heterocycles. The van der Waals surface area contributed by atoms with Crippen molar-refractivity contribution in [3.05, 3.63) is 52.7 Å². The van der Waals surface area contributed by atoms with Gasteiger partial charge in [0.25, 0.3) is 0 Å². The molecule has 3 rings (SSSR count). The number of rotatable bonds is 4. The Hall–Kier alpha value is -2.67. The molecule has 1 fully saturated rings. The van der Waals surface area contributed by atoms with E-state index in [9.17, 15) is 10.1 Å². The van der Waals surface area contributed by atoms with Crippen LogP contribution in [-0.4, -0.2) is 36.2 Å². The van der Waals surface area contributed by atoms with Crippen molar-refractivity contribution in [2.24, 2.45) is 0 Å². The van der Waals surface area contributed by atoms with Gasteiger partial charge in [-0.2, -0.15) is 0 Å². The van der Waals surface area contributed by atoms with E-state index in [1.165, 1.54) is 6.20 Å². The van der Waals surface area contributed by atoms with E-state index < -0.39 is 4.92 Å². The van der Waals surface area contributed by atoms with Crippen LogP contribution >= 0.6 is 0 Å². The third kappa shape index (κ3) is 3.15. The molecule has 22 heavy (non-hydrogen) atoms. The molecule has 7 nitrogen and oxygen atoms in total. The van der Waals surface area contributed by atoms with Crippen molar-refractivity contribution in [2.75, 3.05) is 36.5 Å². The number of nitrogens with zero attached hydrogens (tertiary/aromatic N) is 3. The van der Waals surface area contributed by atoms with Gasteiger partial charge in [-0.3, -0.25) is 0 Å². The molecule has 0 aliphatic carbocycles. The zero-order chi connectivity index (χ0) is 15.4. The molecule has 0 saturated carbocycles. The number of benzene rings is 1. The van der Waals surface area contributed by atoms with Crippen LogP contribution in [0, 0.1) is 10.1 Å². The monoisotopic (exact) mass is 300 g/mol. The molecule has 1 N–H and O–H groups in total. The van der Waals surface area contributed by atoms with Crippen LogP contribution in [0.25, 0.3) is 0 Å². The molecule has 0 amide bonds. The molecule has 1 saturated heterocycles. The molecule has 1 aliphatic rings. The van der Waals surface area contributed by atoms with E-state index in [1.54, 1.807) is 12.1 Å². The normalized spacial score (nSPS) is 14.6. The molecule has 114 valence electrons. The van der Waals surface area contributed by atoms with Crippen LogP contribution in [0.5, 0.6) is 0 Å². The van der Waals surface area contributed by atoms with Crippen LogP contribution in [0.4, 0.5) is 22.9 Å². The predicted molar refractivity (Wildman–Crippen MR) is 83.6 cm³/mol.